The molecule has 0 saturated carbocycles. The average Bonchev–Trinajstić information content (AvgIpc) is 3.85. The van der Waals surface area contributed by atoms with E-state index in [0.717, 1.165) is 82.2 Å². The zero-order valence-corrected chi connectivity index (χ0v) is 30.6. The Hall–Kier alpha value is -7.35. The van der Waals surface area contributed by atoms with Gasteiger partial charge in [-0.3, -0.25) is 0 Å². The van der Waals surface area contributed by atoms with E-state index >= 15 is 0 Å². The number of benzene rings is 7. The third-order valence-electron chi connectivity index (χ3n) is 10.2. The molecule has 7 aromatic carbocycles. The summed E-state index contributed by atoms with van der Waals surface area (Å²) in [5.41, 5.74) is 10.4. The summed E-state index contributed by atoms with van der Waals surface area (Å²) in [6, 6.07) is 59.9. The molecule has 4 heterocycles. The maximum Gasteiger partial charge on any atom is 0.164 e. The van der Waals surface area contributed by atoms with Gasteiger partial charge in [0.2, 0.25) is 0 Å². The van der Waals surface area contributed by atoms with Crippen molar-refractivity contribution in [2.24, 2.45) is 0 Å². The van der Waals surface area contributed by atoms with Crippen molar-refractivity contribution in [3.8, 4) is 67.9 Å². The van der Waals surface area contributed by atoms with Crippen LogP contribution in [-0.4, -0.2) is 24.9 Å². The Labute approximate surface area is 325 Å². The molecule has 11 aromatic rings. The number of thiophene rings is 1. The van der Waals surface area contributed by atoms with Crippen molar-refractivity contribution in [2.75, 3.05) is 0 Å². The van der Waals surface area contributed by atoms with Gasteiger partial charge >= 0.3 is 0 Å². The van der Waals surface area contributed by atoms with Gasteiger partial charge in [0.1, 0.15) is 11.2 Å². The van der Waals surface area contributed by atoms with Gasteiger partial charge in [-0.15, -0.1) is 11.3 Å². The van der Waals surface area contributed by atoms with Crippen LogP contribution in [-0.2, 0) is 0 Å². The molecular formula is C49H29N5OS. The van der Waals surface area contributed by atoms with E-state index in [1.807, 2.05) is 97.1 Å². The van der Waals surface area contributed by atoms with E-state index in [0.29, 0.717) is 23.3 Å². The summed E-state index contributed by atoms with van der Waals surface area (Å²) in [6.45, 7) is 0. The molecular weight excluding hydrogens is 707 g/mol. The van der Waals surface area contributed by atoms with E-state index in [2.05, 4.69) is 78.9 Å². The van der Waals surface area contributed by atoms with Crippen molar-refractivity contribution < 1.29 is 4.42 Å². The molecule has 6 nitrogen and oxygen atoms in total. The molecule has 0 aliphatic carbocycles. The largest absolute Gasteiger partial charge is 0.456 e. The van der Waals surface area contributed by atoms with Crippen molar-refractivity contribution in [2.45, 2.75) is 0 Å². The SMILES string of the molecule is c1ccc(-c2nc(-c3ccccc3)nc(-c3ccc4oc5cccc(-c6cccc(-c7nc(-c8ccccc8)nc8c7sc7ccccc78)c6)c5c4c3)n2)cc1. The van der Waals surface area contributed by atoms with Gasteiger partial charge in [-0.2, -0.15) is 0 Å². The fourth-order valence-electron chi connectivity index (χ4n) is 7.48. The zero-order chi connectivity index (χ0) is 37.0. The lowest BCUT2D eigenvalue weighted by Gasteiger charge is -2.10. The Morgan fingerprint density at radius 3 is 1.64 bits per heavy atom. The summed E-state index contributed by atoms with van der Waals surface area (Å²) in [4.78, 5) is 25.3. The number of aromatic nitrogens is 5. The zero-order valence-electron chi connectivity index (χ0n) is 29.8. The van der Waals surface area contributed by atoms with Crippen LogP contribution in [0.5, 0.6) is 0 Å². The molecule has 7 heteroatoms. The highest BCUT2D eigenvalue weighted by molar-refractivity contribution is 7.26. The smallest absolute Gasteiger partial charge is 0.164 e. The van der Waals surface area contributed by atoms with E-state index in [-0.39, 0.29) is 0 Å². The van der Waals surface area contributed by atoms with Crippen LogP contribution in [0, 0.1) is 0 Å². The predicted octanol–water partition coefficient (Wildman–Crippen LogP) is 12.9. The van der Waals surface area contributed by atoms with E-state index in [9.17, 15) is 0 Å². The van der Waals surface area contributed by atoms with E-state index in [1.54, 1.807) is 11.3 Å². The van der Waals surface area contributed by atoms with Crippen molar-refractivity contribution in [1.29, 1.82) is 0 Å². The van der Waals surface area contributed by atoms with Crippen LogP contribution in [0.25, 0.3) is 110 Å². The van der Waals surface area contributed by atoms with E-state index < -0.39 is 0 Å². The second-order valence-corrected chi connectivity index (χ2v) is 14.7. The summed E-state index contributed by atoms with van der Waals surface area (Å²) in [5, 5.41) is 3.16. The Bertz CT molecular complexity index is 3190. The van der Waals surface area contributed by atoms with Gasteiger partial charge in [-0.25, -0.2) is 24.9 Å². The molecule has 0 aliphatic heterocycles. The van der Waals surface area contributed by atoms with Crippen molar-refractivity contribution in [3.05, 3.63) is 176 Å². The van der Waals surface area contributed by atoms with Crippen LogP contribution in [0.15, 0.2) is 180 Å². The highest BCUT2D eigenvalue weighted by Gasteiger charge is 2.20. The molecule has 262 valence electrons. The fourth-order valence-corrected chi connectivity index (χ4v) is 8.63. The van der Waals surface area contributed by atoms with Crippen molar-refractivity contribution in [1.82, 2.24) is 24.9 Å². The van der Waals surface area contributed by atoms with Gasteiger partial charge < -0.3 is 4.42 Å². The van der Waals surface area contributed by atoms with Crippen molar-refractivity contribution >= 4 is 53.6 Å². The Morgan fingerprint density at radius 2 is 0.946 bits per heavy atom. The van der Waals surface area contributed by atoms with Crippen molar-refractivity contribution in [3.63, 3.8) is 0 Å². The lowest BCUT2D eigenvalue weighted by Crippen LogP contribution is -2.00. The monoisotopic (exact) mass is 735 g/mol. The van der Waals surface area contributed by atoms with Crippen LogP contribution >= 0.6 is 11.3 Å². The van der Waals surface area contributed by atoms with Gasteiger partial charge in [-0.1, -0.05) is 140 Å². The topological polar surface area (TPSA) is 77.6 Å². The minimum absolute atomic E-state index is 0.596. The number of rotatable bonds is 6. The molecule has 11 rings (SSSR count). The van der Waals surface area contributed by atoms with Gasteiger partial charge in [0.25, 0.3) is 0 Å². The highest BCUT2D eigenvalue weighted by Crippen LogP contribution is 2.42. The summed E-state index contributed by atoms with van der Waals surface area (Å²) in [5.74, 6) is 2.55. The average molecular weight is 736 g/mol. The first kappa shape index (κ1) is 32.1. The first-order valence-corrected chi connectivity index (χ1v) is 19.2. The van der Waals surface area contributed by atoms with Crippen LogP contribution in [0.2, 0.25) is 0 Å². The number of hydrogen-bond acceptors (Lipinski definition) is 7. The lowest BCUT2D eigenvalue weighted by atomic mass is 9.96. The first-order chi connectivity index (χ1) is 27.7. The molecule has 0 N–H and O–H groups in total. The predicted molar refractivity (Wildman–Crippen MR) is 228 cm³/mol. The molecule has 56 heavy (non-hydrogen) atoms. The molecule has 0 radical (unpaired) electrons. The standard InChI is InChI=1S/C49H29N5OS/c1-4-14-30(15-5-1)46-50-43(45-44(51-46)37-22-10-11-25-41(37)56-45)34-21-12-20-33(28-34)36-23-13-24-40-42(36)38-29-35(26-27-39(38)55-40)49-53-47(31-16-6-2-7-17-31)52-48(54-49)32-18-8-3-9-19-32/h1-29H. The maximum atomic E-state index is 6.49. The molecule has 0 atom stereocenters. The van der Waals surface area contributed by atoms with Gasteiger partial charge in [0, 0.05) is 48.7 Å². The number of nitrogens with zero attached hydrogens (tertiary/aromatic N) is 5. The third kappa shape index (κ3) is 5.52. The van der Waals surface area contributed by atoms with Gasteiger partial charge in [0.15, 0.2) is 23.3 Å². The molecule has 0 amide bonds. The molecule has 0 bridgehead atoms. The quantitative estimate of drug-likeness (QED) is 0.169. The van der Waals surface area contributed by atoms with E-state index in [4.69, 9.17) is 29.3 Å². The molecule has 4 aromatic heterocycles. The minimum atomic E-state index is 0.596. The summed E-state index contributed by atoms with van der Waals surface area (Å²) >= 11 is 1.74. The molecule has 0 spiro atoms. The number of fused-ring (bicyclic) bond motifs is 6. The number of furan rings is 1. The number of hydrogen-bond donors (Lipinski definition) is 0. The summed E-state index contributed by atoms with van der Waals surface area (Å²) in [7, 11) is 0. The Morgan fingerprint density at radius 1 is 0.375 bits per heavy atom. The molecule has 0 saturated heterocycles. The van der Waals surface area contributed by atoms with E-state index in [1.165, 1.54) is 4.70 Å². The Balaban J connectivity index is 1.08. The molecule has 0 fully saturated rings. The molecule has 0 unspecified atom stereocenters. The van der Waals surface area contributed by atoms with Crippen LogP contribution in [0.3, 0.4) is 0 Å². The van der Waals surface area contributed by atoms with Crippen LogP contribution in [0.1, 0.15) is 0 Å². The second kappa shape index (κ2) is 13.2. The van der Waals surface area contributed by atoms with Crippen LogP contribution in [0.4, 0.5) is 0 Å². The van der Waals surface area contributed by atoms with Gasteiger partial charge in [0.05, 0.1) is 15.9 Å². The normalized spacial score (nSPS) is 11.6. The maximum absolute atomic E-state index is 6.49. The second-order valence-electron chi connectivity index (χ2n) is 13.6. The minimum Gasteiger partial charge on any atom is -0.456 e. The third-order valence-corrected chi connectivity index (χ3v) is 11.3. The first-order valence-electron chi connectivity index (χ1n) is 18.4. The Kier molecular flexibility index (Phi) is 7.57. The lowest BCUT2D eigenvalue weighted by molar-refractivity contribution is 0.669. The summed E-state index contributed by atoms with van der Waals surface area (Å²) in [6.07, 6.45) is 0. The van der Waals surface area contributed by atoms with Gasteiger partial charge in [-0.05, 0) is 47.5 Å². The van der Waals surface area contributed by atoms with Crippen LogP contribution < -0.4 is 0 Å². The molecule has 0 aliphatic rings. The summed E-state index contributed by atoms with van der Waals surface area (Å²) < 4.78 is 8.75. The fraction of sp³-hybridized carbons (Fsp3) is 0. The highest BCUT2D eigenvalue weighted by atomic mass is 32.1.